The SMILES string of the molecule is O=C(O)c1c(Cl)c(Cl)c(Cl)c(Cl)c1C(=O)Nc1ncccn1. The summed E-state index contributed by atoms with van der Waals surface area (Å²) in [6, 6.07) is 1.54. The molecule has 0 saturated heterocycles. The largest absolute Gasteiger partial charge is 0.478 e. The van der Waals surface area contributed by atoms with Crippen molar-refractivity contribution in [2.45, 2.75) is 0 Å². The normalized spacial score (nSPS) is 10.4. The first kappa shape index (κ1) is 16.8. The number of hydrogen-bond acceptors (Lipinski definition) is 4. The molecule has 10 heteroatoms. The highest BCUT2D eigenvalue weighted by molar-refractivity contribution is 6.54. The van der Waals surface area contributed by atoms with E-state index < -0.39 is 23.0 Å². The Labute approximate surface area is 144 Å². The van der Waals surface area contributed by atoms with Crippen LogP contribution in [-0.2, 0) is 0 Å². The third-order valence-electron chi connectivity index (χ3n) is 2.50. The summed E-state index contributed by atoms with van der Waals surface area (Å²) in [5.74, 6) is -2.40. The number of carboxylic acid groups (broad SMARTS) is 1. The number of nitrogens with one attached hydrogen (secondary N) is 1. The molecule has 0 radical (unpaired) electrons. The van der Waals surface area contributed by atoms with Crippen LogP contribution in [0, 0.1) is 0 Å². The van der Waals surface area contributed by atoms with Crippen LogP contribution in [-0.4, -0.2) is 27.0 Å². The molecule has 1 aromatic heterocycles. The zero-order valence-corrected chi connectivity index (χ0v) is 13.4. The van der Waals surface area contributed by atoms with Crippen LogP contribution in [0.15, 0.2) is 18.5 Å². The Morgan fingerprint density at radius 3 is 1.91 bits per heavy atom. The molecule has 0 spiro atoms. The summed E-state index contributed by atoms with van der Waals surface area (Å²) in [6.07, 6.45) is 2.79. The van der Waals surface area contributed by atoms with E-state index in [2.05, 4.69) is 15.3 Å². The van der Waals surface area contributed by atoms with E-state index in [0.29, 0.717) is 0 Å². The van der Waals surface area contributed by atoms with Gasteiger partial charge in [-0.05, 0) is 6.07 Å². The van der Waals surface area contributed by atoms with Gasteiger partial charge in [-0.2, -0.15) is 0 Å². The fourth-order valence-corrected chi connectivity index (χ4v) is 2.59. The van der Waals surface area contributed by atoms with Crippen molar-refractivity contribution in [3.8, 4) is 0 Å². The van der Waals surface area contributed by atoms with Crippen molar-refractivity contribution in [2.24, 2.45) is 0 Å². The van der Waals surface area contributed by atoms with Gasteiger partial charge in [0.1, 0.15) is 0 Å². The smallest absolute Gasteiger partial charge is 0.338 e. The number of aromatic carboxylic acids is 1. The number of rotatable bonds is 3. The van der Waals surface area contributed by atoms with Gasteiger partial charge >= 0.3 is 5.97 Å². The van der Waals surface area contributed by atoms with Gasteiger partial charge in [-0.3, -0.25) is 10.1 Å². The Morgan fingerprint density at radius 1 is 0.909 bits per heavy atom. The lowest BCUT2D eigenvalue weighted by molar-refractivity contribution is 0.0692. The summed E-state index contributed by atoms with van der Waals surface area (Å²) in [5.41, 5.74) is -0.990. The molecule has 6 nitrogen and oxygen atoms in total. The van der Waals surface area contributed by atoms with Crippen LogP contribution in [0.1, 0.15) is 20.7 Å². The van der Waals surface area contributed by atoms with E-state index in [1.165, 1.54) is 12.4 Å². The molecule has 1 amide bonds. The van der Waals surface area contributed by atoms with Gasteiger partial charge in [0.25, 0.3) is 5.91 Å². The molecule has 0 unspecified atom stereocenters. The van der Waals surface area contributed by atoms with E-state index in [0.717, 1.165) is 0 Å². The van der Waals surface area contributed by atoms with Crippen LogP contribution in [0.2, 0.25) is 20.1 Å². The predicted octanol–water partition coefficient (Wildman–Crippen LogP) is 4.04. The van der Waals surface area contributed by atoms with Crippen LogP contribution >= 0.6 is 46.4 Å². The van der Waals surface area contributed by atoms with Gasteiger partial charge in [-0.1, -0.05) is 46.4 Å². The van der Waals surface area contributed by atoms with Crippen LogP contribution in [0.3, 0.4) is 0 Å². The number of halogens is 4. The maximum absolute atomic E-state index is 12.3. The second kappa shape index (κ2) is 6.66. The molecule has 0 aliphatic heterocycles. The Kier molecular flexibility index (Phi) is 5.08. The van der Waals surface area contributed by atoms with Gasteiger partial charge < -0.3 is 5.11 Å². The Balaban J connectivity index is 2.59. The molecule has 2 rings (SSSR count). The first-order valence-electron chi connectivity index (χ1n) is 5.52. The van der Waals surface area contributed by atoms with Crippen molar-refractivity contribution >= 4 is 64.2 Å². The molecule has 0 atom stereocenters. The molecule has 0 fully saturated rings. The number of nitrogens with zero attached hydrogens (tertiary/aromatic N) is 2. The number of carboxylic acids is 1. The van der Waals surface area contributed by atoms with Gasteiger partial charge in [-0.25, -0.2) is 14.8 Å². The van der Waals surface area contributed by atoms with E-state index in [-0.39, 0.29) is 26.0 Å². The minimum absolute atomic E-state index is 0.0397. The van der Waals surface area contributed by atoms with Crippen molar-refractivity contribution < 1.29 is 14.7 Å². The number of anilines is 1. The maximum Gasteiger partial charge on any atom is 0.338 e. The number of aromatic nitrogens is 2. The van der Waals surface area contributed by atoms with Gasteiger partial charge in [0.05, 0.1) is 31.2 Å². The van der Waals surface area contributed by atoms with E-state index >= 15 is 0 Å². The number of carbonyl (C=O) groups excluding carboxylic acids is 1. The lowest BCUT2D eigenvalue weighted by atomic mass is 10.1. The highest BCUT2D eigenvalue weighted by Crippen LogP contribution is 2.41. The molecule has 1 aromatic carbocycles. The van der Waals surface area contributed by atoms with Crippen molar-refractivity contribution in [1.82, 2.24) is 9.97 Å². The van der Waals surface area contributed by atoms with Crippen LogP contribution in [0.4, 0.5) is 5.95 Å². The Bertz CT molecular complexity index is 768. The third-order valence-corrected chi connectivity index (χ3v) is 4.30. The van der Waals surface area contributed by atoms with Crippen molar-refractivity contribution in [3.63, 3.8) is 0 Å². The van der Waals surface area contributed by atoms with Crippen molar-refractivity contribution in [3.05, 3.63) is 49.7 Å². The molecule has 2 N–H and O–H groups in total. The minimum Gasteiger partial charge on any atom is -0.478 e. The lowest BCUT2D eigenvalue weighted by Crippen LogP contribution is -2.19. The van der Waals surface area contributed by atoms with Gasteiger partial charge in [0, 0.05) is 12.4 Å². The molecule has 2 aromatic rings. The van der Waals surface area contributed by atoms with Gasteiger partial charge in [0.2, 0.25) is 5.95 Å². The first-order valence-corrected chi connectivity index (χ1v) is 7.03. The zero-order valence-electron chi connectivity index (χ0n) is 10.4. The van der Waals surface area contributed by atoms with Gasteiger partial charge in [-0.15, -0.1) is 0 Å². The monoisotopic (exact) mass is 379 g/mol. The van der Waals surface area contributed by atoms with E-state index in [1.54, 1.807) is 6.07 Å². The number of hydrogen-bond donors (Lipinski definition) is 2. The number of benzene rings is 1. The van der Waals surface area contributed by atoms with Crippen molar-refractivity contribution in [1.29, 1.82) is 0 Å². The summed E-state index contributed by atoms with van der Waals surface area (Å²) < 4.78 is 0. The first-order chi connectivity index (χ1) is 10.3. The number of carbonyl (C=O) groups is 2. The summed E-state index contributed by atoms with van der Waals surface area (Å²) in [5, 5.41) is 10.3. The Hall–Kier alpha value is -1.60. The summed E-state index contributed by atoms with van der Waals surface area (Å²) in [4.78, 5) is 31.2. The molecule has 1 heterocycles. The maximum atomic E-state index is 12.3. The Morgan fingerprint density at radius 2 is 1.41 bits per heavy atom. The van der Waals surface area contributed by atoms with E-state index in [1.807, 2.05) is 0 Å². The fourth-order valence-electron chi connectivity index (χ4n) is 1.57. The number of amides is 1. The second-order valence-electron chi connectivity index (χ2n) is 3.84. The topological polar surface area (TPSA) is 92.2 Å². The average molecular weight is 381 g/mol. The standard InChI is InChI=1S/C12H5Cl4N3O3/c13-6-4(10(20)19-12-17-2-1-3-18-12)5(11(21)22)7(14)9(16)8(6)15/h1-3H,(H,21,22)(H,17,18,19,20). The van der Waals surface area contributed by atoms with Crippen LogP contribution in [0.25, 0.3) is 0 Å². The summed E-state index contributed by atoms with van der Waals surface area (Å²) >= 11 is 23.5. The van der Waals surface area contributed by atoms with Gasteiger partial charge in [0.15, 0.2) is 0 Å². The van der Waals surface area contributed by atoms with Crippen LogP contribution < -0.4 is 5.32 Å². The van der Waals surface area contributed by atoms with E-state index in [9.17, 15) is 14.7 Å². The van der Waals surface area contributed by atoms with Crippen LogP contribution in [0.5, 0.6) is 0 Å². The molecule has 0 bridgehead atoms. The summed E-state index contributed by atoms with van der Waals surface area (Å²) in [7, 11) is 0. The molecule has 0 aliphatic rings. The zero-order chi connectivity index (χ0) is 16.4. The highest BCUT2D eigenvalue weighted by Gasteiger charge is 2.29. The molecule has 0 saturated carbocycles. The molecular formula is C12H5Cl4N3O3. The average Bonchev–Trinajstić information content (AvgIpc) is 2.49. The predicted molar refractivity (Wildman–Crippen MR) is 83.4 cm³/mol. The fraction of sp³-hybridized carbons (Fsp3) is 0. The lowest BCUT2D eigenvalue weighted by Gasteiger charge is -2.13. The molecule has 0 aliphatic carbocycles. The highest BCUT2D eigenvalue weighted by atomic mass is 35.5. The molecule has 114 valence electrons. The quantitative estimate of drug-likeness (QED) is 0.619. The molecular weight excluding hydrogens is 376 g/mol. The second-order valence-corrected chi connectivity index (χ2v) is 5.35. The third kappa shape index (κ3) is 3.10. The molecule has 22 heavy (non-hydrogen) atoms. The summed E-state index contributed by atoms with van der Waals surface area (Å²) in [6.45, 7) is 0. The van der Waals surface area contributed by atoms with E-state index in [4.69, 9.17) is 46.4 Å². The van der Waals surface area contributed by atoms with Crippen molar-refractivity contribution in [2.75, 3.05) is 5.32 Å². The minimum atomic E-state index is -1.48.